The first-order valence-electron chi connectivity index (χ1n) is 8.67. The van der Waals surface area contributed by atoms with E-state index in [0.29, 0.717) is 12.1 Å². The molecule has 0 radical (unpaired) electrons. The maximum absolute atomic E-state index is 12.9. The number of nitrogens with zero attached hydrogens (tertiary/aromatic N) is 1. The summed E-state index contributed by atoms with van der Waals surface area (Å²) in [5.74, 6) is 1.96. The first-order chi connectivity index (χ1) is 13.4. The molecule has 6 heteroatoms. The van der Waals surface area contributed by atoms with Crippen LogP contribution in [-0.4, -0.2) is 32.8 Å². The predicted molar refractivity (Wildman–Crippen MR) is 110 cm³/mol. The molecule has 0 bridgehead atoms. The number of benzene rings is 3. The third-order valence-corrected chi connectivity index (χ3v) is 5.79. The minimum absolute atomic E-state index is 0.00663. The van der Waals surface area contributed by atoms with Gasteiger partial charge < -0.3 is 4.90 Å². The van der Waals surface area contributed by atoms with Crippen LogP contribution in [0.25, 0.3) is 10.8 Å². The number of terminal acetylenes is 1. The summed E-state index contributed by atoms with van der Waals surface area (Å²) in [6.07, 6.45) is 5.11. The first kappa shape index (κ1) is 19.6. The second-order valence-electron chi connectivity index (χ2n) is 6.36. The monoisotopic (exact) mass is 392 g/mol. The SMILES string of the molecule is C#CCNS(=O)(=O)c1cccc(C(=O)N(C)Cc2cccc3ccccc23)c1. The fraction of sp³-hybridized carbons (Fsp3) is 0.136. The number of hydrogen-bond acceptors (Lipinski definition) is 3. The fourth-order valence-electron chi connectivity index (χ4n) is 2.99. The van der Waals surface area contributed by atoms with Crippen LogP contribution in [0.2, 0.25) is 0 Å². The van der Waals surface area contributed by atoms with Crippen molar-refractivity contribution in [1.29, 1.82) is 0 Å². The molecule has 0 fully saturated rings. The molecule has 0 aromatic heterocycles. The zero-order valence-electron chi connectivity index (χ0n) is 15.4. The number of fused-ring (bicyclic) bond motifs is 1. The van der Waals surface area contributed by atoms with E-state index in [1.54, 1.807) is 24.1 Å². The van der Waals surface area contributed by atoms with Gasteiger partial charge in [0.1, 0.15) is 0 Å². The van der Waals surface area contributed by atoms with Crippen LogP contribution in [0.5, 0.6) is 0 Å². The molecule has 0 saturated heterocycles. The van der Waals surface area contributed by atoms with Gasteiger partial charge in [-0.15, -0.1) is 6.42 Å². The molecule has 0 aliphatic carbocycles. The van der Waals surface area contributed by atoms with Crippen molar-refractivity contribution in [3.8, 4) is 12.3 Å². The fourth-order valence-corrected chi connectivity index (χ4v) is 3.97. The van der Waals surface area contributed by atoms with Gasteiger partial charge in [0.15, 0.2) is 0 Å². The Morgan fingerprint density at radius 3 is 2.57 bits per heavy atom. The van der Waals surface area contributed by atoms with Gasteiger partial charge in [0.05, 0.1) is 11.4 Å². The maximum Gasteiger partial charge on any atom is 0.253 e. The number of nitrogens with one attached hydrogen (secondary N) is 1. The lowest BCUT2D eigenvalue weighted by atomic mass is 10.0. The molecular weight excluding hydrogens is 372 g/mol. The molecule has 28 heavy (non-hydrogen) atoms. The zero-order chi connectivity index (χ0) is 20.1. The smallest absolute Gasteiger partial charge is 0.253 e. The number of rotatable bonds is 6. The van der Waals surface area contributed by atoms with Crippen molar-refractivity contribution in [2.75, 3.05) is 13.6 Å². The van der Waals surface area contributed by atoms with E-state index in [1.807, 2.05) is 42.5 Å². The average Bonchev–Trinajstić information content (AvgIpc) is 2.72. The molecular formula is C22H20N2O3S. The Morgan fingerprint density at radius 2 is 1.79 bits per heavy atom. The van der Waals surface area contributed by atoms with Gasteiger partial charge in [0.25, 0.3) is 5.91 Å². The molecule has 0 aliphatic rings. The molecule has 142 valence electrons. The summed E-state index contributed by atoms with van der Waals surface area (Å²) in [6, 6.07) is 19.9. The maximum atomic E-state index is 12.9. The van der Waals surface area contributed by atoms with Crippen molar-refractivity contribution in [2.24, 2.45) is 0 Å². The van der Waals surface area contributed by atoms with Gasteiger partial charge >= 0.3 is 0 Å². The van der Waals surface area contributed by atoms with E-state index in [9.17, 15) is 13.2 Å². The Morgan fingerprint density at radius 1 is 1.07 bits per heavy atom. The standard InChI is InChI=1S/C22H20N2O3S/c1-3-14-23-28(26,27)20-12-7-10-18(15-20)22(25)24(2)16-19-11-6-9-17-8-4-5-13-21(17)19/h1,4-13,15,23H,14,16H2,2H3. The van der Waals surface area contributed by atoms with Crippen LogP contribution in [0.4, 0.5) is 0 Å². The molecule has 0 unspecified atom stereocenters. The summed E-state index contributed by atoms with van der Waals surface area (Å²) in [5.41, 5.74) is 1.32. The first-order valence-corrected chi connectivity index (χ1v) is 10.2. The Labute approximate surface area is 165 Å². The summed E-state index contributed by atoms with van der Waals surface area (Å²) in [7, 11) is -2.06. The quantitative estimate of drug-likeness (QED) is 0.656. The zero-order valence-corrected chi connectivity index (χ0v) is 16.2. The minimum Gasteiger partial charge on any atom is -0.337 e. The van der Waals surface area contributed by atoms with Crippen molar-refractivity contribution in [2.45, 2.75) is 11.4 Å². The van der Waals surface area contributed by atoms with Gasteiger partial charge in [-0.25, -0.2) is 8.42 Å². The van der Waals surface area contributed by atoms with Crippen molar-refractivity contribution in [3.63, 3.8) is 0 Å². The highest BCUT2D eigenvalue weighted by atomic mass is 32.2. The molecule has 0 atom stereocenters. The van der Waals surface area contributed by atoms with Gasteiger partial charge in [-0.3, -0.25) is 4.79 Å². The average molecular weight is 392 g/mol. The highest BCUT2D eigenvalue weighted by Crippen LogP contribution is 2.21. The largest absolute Gasteiger partial charge is 0.337 e. The van der Waals surface area contributed by atoms with Crippen LogP contribution in [0.15, 0.2) is 71.6 Å². The third-order valence-electron chi connectivity index (χ3n) is 4.39. The van der Waals surface area contributed by atoms with Gasteiger partial charge in [0, 0.05) is 19.2 Å². The molecule has 0 saturated carbocycles. The van der Waals surface area contributed by atoms with Gasteiger partial charge in [-0.1, -0.05) is 54.5 Å². The van der Waals surface area contributed by atoms with Crippen LogP contribution in [0.3, 0.4) is 0 Å². The lowest BCUT2D eigenvalue weighted by Gasteiger charge is -2.19. The van der Waals surface area contributed by atoms with E-state index in [1.165, 1.54) is 12.1 Å². The van der Waals surface area contributed by atoms with E-state index >= 15 is 0 Å². The van der Waals surface area contributed by atoms with Crippen LogP contribution < -0.4 is 4.72 Å². The van der Waals surface area contributed by atoms with Crippen LogP contribution in [-0.2, 0) is 16.6 Å². The summed E-state index contributed by atoms with van der Waals surface area (Å²) in [5, 5.41) is 2.19. The lowest BCUT2D eigenvalue weighted by molar-refractivity contribution is 0.0785. The minimum atomic E-state index is -3.76. The molecule has 3 aromatic rings. The van der Waals surface area contributed by atoms with E-state index in [-0.39, 0.29) is 17.3 Å². The second kappa shape index (κ2) is 8.26. The third kappa shape index (κ3) is 4.22. The Bertz CT molecular complexity index is 1160. The predicted octanol–water partition coefficient (Wildman–Crippen LogP) is 3.02. The normalized spacial score (nSPS) is 11.1. The second-order valence-corrected chi connectivity index (χ2v) is 8.12. The van der Waals surface area contributed by atoms with Crippen molar-refractivity contribution in [1.82, 2.24) is 9.62 Å². The molecule has 0 spiro atoms. The van der Waals surface area contributed by atoms with Crippen LogP contribution in [0, 0.1) is 12.3 Å². The van der Waals surface area contributed by atoms with Crippen LogP contribution in [0.1, 0.15) is 15.9 Å². The number of sulfonamides is 1. The molecule has 5 nitrogen and oxygen atoms in total. The van der Waals surface area contributed by atoms with Crippen molar-refractivity contribution >= 4 is 26.7 Å². The van der Waals surface area contributed by atoms with E-state index in [2.05, 4.69) is 10.6 Å². The highest BCUT2D eigenvalue weighted by molar-refractivity contribution is 7.89. The van der Waals surface area contributed by atoms with Gasteiger partial charge in [-0.2, -0.15) is 4.72 Å². The Balaban J connectivity index is 1.84. The number of carbonyl (C=O) groups is 1. The van der Waals surface area contributed by atoms with Gasteiger partial charge in [0.2, 0.25) is 10.0 Å². The number of amides is 1. The van der Waals surface area contributed by atoms with E-state index < -0.39 is 10.0 Å². The Kier molecular flexibility index (Phi) is 5.78. The highest BCUT2D eigenvalue weighted by Gasteiger charge is 2.18. The molecule has 1 N–H and O–H groups in total. The molecule has 1 amide bonds. The Hall–Kier alpha value is -3.14. The van der Waals surface area contributed by atoms with Crippen LogP contribution >= 0.6 is 0 Å². The number of hydrogen-bond donors (Lipinski definition) is 1. The summed E-state index contributed by atoms with van der Waals surface area (Å²) < 4.78 is 26.8. The van der Waals surface area contributed by atoms with Crippen molar-refractivity contribution in [3.05, 3.63) is 77.9 Å². The number of carbonyl (C=O) groups excluding carboxylic acids is 1. The lowest BCUT2D eigenvalue weighted by Crippen LogP contribution is -2.27. The molecule has 3 aromatic carbocycles. The van der Waals surface area contributed by atoms with E-state index in [0.717, 1.165) is 16.3 Å². The molecule has 3 rings (SSSR count). The topological polar surface area (TPSA) is 66.5 Å². The molecule has 0 aliphatic heterocycles. The van der Waals surface area contributed by atoms with E-state index in [4.69, 9.17) is 6.42 Å². The van der Waals surface area contributed by atoms with Gasteiger partial charge in [-0.05, 0) is 34.5 Å². The summed E-state index contributed by atoms with van der Waals surface area (Å²) in [4.78, 5) is 14.4. The summed E-state index contributed by atoms with van der Waals surface area (Å²) >= 11 is 0. The molecule has 0 heterocycles. The summed E-state index contributed by atoms with van der Waals surface area (Å²) in [6.45, 7) is 0.300. The van der Waals surface area contributed by atoms with Crippen molar-refractivity contribution < 1.29 is 13.2 Å².